The molecule has 0 aromatic heterocycles. The zero-order valence-electron chi connectivity index (χ0n) is 20.1. The molecule has 2 fully saturated rings. The first-order valence-electron chi connectivity index (χ1n) is 10.6. The first-order chi connectivity index (χ1) is 12.9. The summed E-state index contributed by atoms with van der Waals surface area (Å²) in [5.74, 6) is 2.39. The van der Waals surface area contributed by atoms with Gasteiger partial charge in [-0.1, -0.05) is 47.5 Å². The molecule has 2 rings (SSSR count). The Kier molecular flexibility index (Phi) is 6.35. The van der Waals surface area contributed by atoms with Gasteiger partial charge in [-0.25, -0.2) is 0 Å². The molecule has 0 radical (unpaired) electrons. The summed E-state index contributed by atoms with van der Waals surface area (Å²) in [5, 5.41) is 0.0640. The average molecular weight is 441 g/mol. The summed E-state index contributed by atoms with van der Waals surface area (Å²) >= 11 is 0. The van der Waals surface area contributed by atoms with Gasteiger partial charge in [0.05, 0.1) is 6.10 Å². The van der Waals surface area contributed by atoms with Crippen molar-refractivity contribution in [2.45, 2.75) is 121 Å². The zero-order valence-corrected chi connectivity index (χ0v) is 22.1. The molecule has 29 heavy (non-hydrogen) atoms. The van der Waals surface area contributed by atoms with Crippen molar-refractivity contribution in [1.82, 2.24) is 0 Å². The Balaban J connectivity index is 2.37. The van der Waals surface area contributed by atoms with Gasteiger partial charge in [0, 0.05) is 13.3 Å². The Bertz CT molecular complexity index is 683. The quantitative estimate of drug-likeness (QED) is 0.264. The van der Waals surface area contributed by atoms with Crippen molar-refractivity contribution in [3.63, 3.8) is 0 Å². The minimum atomic E-state index is -2.16. The summed E-state index contributed by atoms with van der Waals surface area (Å²) in [6, 6.07) is 0. The van der Waals surface area contributed by atoms with Crippen molar-refractivity contribution in [1.29, 1.82) is 0 Å². The van der Waals surface area contributed by atoms with Gasteiger partial charge >= 0.3 is 5.97 Å². The van der Waals surface area contributed by atoms with Crippen LogP contribution in [0.25, 0.3) is 0 Å². The fraction of sp³-hybridized carbons (Fsp3) is 0.864. The molecule has 0 bridgehead atoms. The van der Waals surface area contributed by atoms with Crippen LogP contribution in [0.3, 0.4) is 0 Å². The largest absolute Gasteiger partial charge is 0.443 e. The highest BCUT2D eigenvalue weighted by Gasteiger charge is 2.67. The Morgan fingerprint density at radius 2 is 1.48 bits per heavy atom. The van der Waals surface area contributed by atoms with Crippen molar-refractivity contribution < 1.29 is 23.1 Å². The van der Waals surface area contributed by atoms with Gasteiger partial charge < -0.3 is 18.3 Å². The number of rotatable bonds is 5. The van der Waals surface area contributed by atoms with E-state index >= 15 is 0 Å². The number of epoxide rings is 1. The van der Waals surface area contributed by atoms with Crippen molar-refractivity contribution in [3.8, 4) is 12.3 Å². The van der Waals surface area contributed by atoms with Crippen molar-refractivity contribution in [2.24, 2.45) is 0 Å². The summed E-state index contributed by atoms with van der Waals surface area (Å²) in [4.78, 5) is 12.0. The lowest BCUT2D eigenvalue weighted by atomic mass is 9.81. The van der Waals surface area contributed by atoms with E-state index in [1.54, 1.807) is 0 Å². The SMILES string of the molecule is C#C[C@]1(OC(C)=O)C[C@@H](O[Si](C)(C)C(C)(C)C)C2OC2[C@H]1O[Si](C)(C)C(C)(C)C. The van der Waals surface area contributed by atoms with E-state index in [-0.39, 0.29) is 28.4 Å². The molecule has 0 N–H and O–H groups in total. The van der Waals surface area contributed by atoms with Gasteiger partial charge in [-0.3, -0.25) is 4.79 Å². The van der Waals surface area contributed by atoms with Crippen LogP contribution in [0, 0.1) is 12.3 Å². The zero-order chi connectivity index (χ0) is 22.6. The van der Waals surface area contributed by atoms with Gasteiger partial charge in [-0.05, 0) is 36.3 Å². The van der Waals surface area contributed by atoms with Crippen LogP contribution in [0.2, 0.25) is 36.3 Å². The molecule has 2 unspecified atom stereocenters. The molecular weight excluding hydrogens is 400 g/mol. The van der Waals surface area contributed by atoms with Gasteiger partial charge in [0.1, 0.15) is 18.3 Å². The van der Waals surface area contributed by atoms with Gasteiger partial charge in [0.25, 0.3) is 0 Å². The second-order valence-corrected chi connectivity index (χ2v) is 21.1. The number of ether oxygens (including phenoxy) is 2. The van der Waals surface area contributed by atoms with Crippen LogP contribution in [-0.2, 0) is 23.1 Å². The van der Waals surface area contributed by atoms with Gasteiger partial charge in [-0.15, -0.1) is 6.42 Å². The van der Waals surface area contributed by atoms with E-state index in [1.807, 2.05) is 0 Å². The number of terminal acetylenes is 1. The molecule has 1 aliphatic heterocycles. The molecule has 1 saturated carbocycles. The lowest BCUT2D eigenvalue weighted by molar-refractivity contribution is -0.166. The van der Waals surface area contributed by atoms with E-state index in [9.17, 15) is 4.79 Å². The molecule has 0 spiro atoms. The van der Waals surface area contributed by atoms with Gasteiger partial charge in [-0.2, -0.15) is 0 Å². The van der Waals surface area contributed by atoms with E-state index in [0.29, 0.717) is 6.42 Å². The predicted octanol–water partition coefficient (Wildman–Crippen LogP) is 4.87. The molecule has 1 aliphatic carbocycles. The summed E-state index contributed by atoms with van der Waals surface area (Å²) in [6.45, 7) is 23.3. The maximum absolute atomic E-state index is 12.0. The third-order valence-corrected chi connectivity index (χ3v) is 16.2. The number of esters is 1. The maximum Gasteiger partial charge on any atom is 0.304 e. The molecule has 5 nitrogen and oxygen atoms in total. The van der Waals surface area contributed by atoms with E-state index in [4.69, 9.17) is 24.7 Å². The van der Waals surface area contributed by atoms with E-state index < -0.39 is 34.3 Å². The first kappa shape index (κ1) is 24.6. The molecule has 2 aliphatic rings. The number of hydrogen-bond acceptors (Lipinski definition) is 5. The molecule has 0 aromatic rings. The van der Waals surface area contributed by atoms with E-state index in [2.05, 4.69) is 73.7 Å². The second-order valence-electron chi connectivity index (χ2n) is 11.6. The highest BCUT2D eigenvalue weighted by molar-refractivity contribution is 6.74. The Labute approximate surface area is 179 Å². The molecule has 5 atom stereocenters. The number of hydrogen-bond donors (Lipinski definition) is 0. The average Bonchev–Trinajstić information content (AvgIpc) is 3.28. The molecule has 1 heterocycles. The Hall–Kier alpha value is -0.656. The standard InChI is InChI=1S/C22H40O5Si2/c1-13-22(25-15(2)23)14-16(26-28(9,10)20(3,4)5)17-18(24-17)19(22)27-29(11,12)21(6,7)8/h1,16-19H,14H2,2-12H3/t16-,17?,18?,19-,22+/m1/s1. The highest BCUT2D eigenvalue weighted by atomic mass is 28.4. The lowest BCUT2D eigenvalue weighted by Gasteiger charge is -2.47. The minimum absolute atomic E-state index is 0.00242. The fourth-order valence-corrected chi connectivity index (χ4v) is 5.96. The topological polar surface area (TPSA) is 57.3 Å². The number of fused-ring (bicyclic) bond motifs is 1. The minimum Gasteiger partial charge on any atom is -0.443 e. The van der Waals surface area contributed by atoms with Crippen LogP contribution in [0.15, 0.2) is 0 Å². The molecular formula is C22H40O5Si2. The Morgan fingerprint density at radius 3 is 1.90 bits per heavy atom. The van der Waals surface area contributed by atoms with Crippen LogP contribution in [0.4, 0.5) is 0 Å². The highest BCUT2D eigenvalue weighted by Crippen LogP contribution is 2.51. The third kappa shape index (κ3) is 4.82. The molecule has 166 valence electrons. The number of carbonyl (C=O) groups excluding carboxylic acids is 1. The van der Waals surface area contributed by atoms with Crippen LogP contribution >= 0.6 is 0 Å². The fourth-order valence-electron chi connectivity index (χ4n) is 3.32. The summed E-state index contributed by atoms with van der Waals surface area (Å²) in [5.41, 5.74) is -1.17. The summed E-state index contributed by atoms with van der Waals surface area (Å²) < 4.78 is 25.2. The molecule has 7 heteroatoms. The number of carbonyl (C=O) groups is 1. The smallest absolute Gasteiger partial charge is 0.304 e. The van der Waals surface area contributed by atoms with Crippen molar-refractivity contribution in [3.05, 3.63) is 0 Å². The van der Waals surface area contributed by atoms with E-state index in [1.165, 1.54) is 6.92 Å². The maximum atomic E-state index is 12.0. The lowest BCUT2D eigenvalue weighted by Crippen LogP contribution is -2.61. The summed E-state index contributed by atoms with van der Waals surface area (Å²) in [7, 11) is -4.20. The molecule has 0 amide bonds. The van der Waals surface area contributed by atoms with Crippen molar-refractivity contribution >= 4 is 22.6 Å². The first-order valence-corrected chi connectivity index (χ1v) is 16.4. The van der Waals surface area contributed by atoms with E-state index in [0.717, 1.165) is 0 Å². The summed E-state index contributed by atoms with van der Waals surface area (Å²) in [6.07, 6.45) is 5.47. The van der Waals surface area contributed by atoms with Crippen molar-refractivity contribution in [2.75, 3.05) is 0 Å². The van der Waals surface area contributed by atoms with Crippen LogP contribution in [0.5, 0.6) is 0 Å². The second kappa shape index (κ2) is 7.49. The van der Waals surface area contributed by atoms with Crippen LogP contribution in [-0.4, -0.2) is 52.6 Å². The van der Waals surface area contributed by atoms with Gasteiger partial charge in [0.2, 0.25) is 5.60 Å². The van der Waals surface area contributed by atoms with Gasteiger partial charge in [0.15, 0.2) is 16.6 Å². The Morgan fingerprint density at radius 1 is 1.00 bits per heavy atom. The predicted molar refractivity (Wildman–Crippen MR) is 121 cm³/mol. The molecule has 1 saturated heterocycles. The molecule has 0 aromatic carbocycles. The van der Waals surface area contributed by atoms with Crippen LogP contribution < -0.4 is 0 Å². The third-order valence-electron chi connectivity index (χ3n) is 7.24. The van der Waals surface area contributed by atoms with Crippen LogP contribution in [0.1, 0.15) is 54.9 Å². The monoisotopic (exact) mass is 440 g/mol. The normalized spacial score (nSPS) is 32.9.